The first kappa shape index (κ1) is 30.5. The van der Waals surface area contributed by atoms with Gasteiger partial charge >= 0.3 is 0 Å². The van der Waals surface area contributed by atoms with E-state index in [0.29, 0.717) is 6.54 Å². The van der Waals surface area contributed by atoms with Crippen LogP contribution in [0.25, 0.3) is 0 Å². The van der Waals surface area contributed by atoms with Crippen LogP contribution in [0.5, 0.6) is 0 Å². The maximum atomic E-state index is 13.4. The zero-order valence-corrected chi connectivity index (χ0v) is 25.3. The largest absolute Gasteiger partial charge is 0.368 e. The van der Waals surface area contributed by atoms with Gasteiger partial charge in [0.05, 0.1) is 19.2 Å². The molecule has 2 heterocycles. The molecule has 0 bridgehead atoms. The summed E-state index contributed by atoms with van der Waals surface area (Å²) in [6, 6.07) is 12.3. The maximum absolute atomic E-state index is 13.4. The van der Waals surface area contributed by atoms with E-state index < -0.39 is 6.23 Å². The third-order valence-corrected chi connectivity index (χ3v) is 8.94. The molecule has 3 N–H and O–H groups in total. The van der Waals surface area contributed by atoms with Gasteiger partial charge in [-0.25, -0.2) is 0 Å². The summed E-state index contributed by atoms with van der Waals surface area (Å²) in [6.07, 6.45) is 4.84. The van der Waals surface area contributed by atoms with E-state index in [1.165, 1.54) is 0 Å². The number of piperidine rings is 1. The lowest BCUT2D eigenvalue weighted by Crippen LogP contribution is -2.61. The van der Waals surface area contributed by atoms with Crippen molar-refractivity contribution in [3.8, 4) is 0 Å². The smallest absolute Gasteiger partial charge is 0.241 e. The Labute approximate surface area is 241 Å². The first-order valence-electron chi connectivity index (χ1n) is 15.3. The first-order valence-corrected chi connectivity index (χ1v) is 15.3. The molecule has 2 aromatic rings. The fourth-order valence-electron chi connectivity index (χ4n) is 6.75. The minimum absolute atomic E-state index is 0.0670. The number of para-hydroxylation sites is 2. The molecule has 40 heavy (non-hydrogen) atoms. The van der Waals surface area contributed by atoms with Crippen molar-refractivity contribution in [1.82, 2.24) is 4.90 Å². The van der Waals surface area contributed by atoms with Crippen molar-refractivity contribution < 1.29 is 19.1 Å². The van der Waals surface area contributed by atoms with Crippen molar-refractivity contribution in [3.05, 3.63) is 58.7 Å². The highest BCUT2D eigenvalue weighted by Gasteiger charge is 2.36. The van der Waals surface area contributed by atoms with E-state index in [0.717, 1.165) is 110 Å². The van der Waals surface area contributed by atoms with Crippen molar-refractivity contribution in [2.75, 3.05) is 56.5 Å². The number of morpholine rings is 1. The molecule has 220 valence electrons. The van der Waals surface area contributed by atoms with E-state index in [4.69, 9.17) is 4.74 Å². The number of hydrogen-bond donors (Lipinski definition) is 3. The molecule has 0 aliphatic carbocycles. The zero-order valence-electron chi connectivity index (χ0n) is 25.3. The standard InChI is InChI=1S/C33H50N4O3/c1-24-12-10-13-25(2)31(24)34-30(38)23-37(20-21-40-28(5)22-37)19-9-8-18-36-17-7-6-16-29(36)33(39)35-32-26(3)14-11-15-27(32)4/h10-15,28-30,34,38H,6-9,16-23H2,1-5H3/p+1. The number of amides is 1. The number of ether oxygens (including phenoxy) is 1. The molecule has 0 spiro atoms. The number of carbonyl (C=O) groups excluding carboxylic acids is 1. The number of aliphatic hydroxyl groups is 1. The van der Waals surface area contributed by atoms with E-state index in [1.54, 1.807) is 0 Å². The van der Waals surface area contributed by atoms with E-state index in [9.17, 15) is 9.90 Å². The molecule has 1 amide bonds. The van der Waals surface area contributed by atoms with Crippen molar-refractivity contribution in [2.24, 2.45) is 0 Å². The van der Waals surface area contributed by atoms with Gasteiger partial charge in [-0.2, -0.15) is 0 Å². The third-order valence-electron chi connectivity index (χ3n) is 8.94. The van der Waals surface area contributed by atoms with Gasteiger partial charge in [-0.3, -0.25) is 9.69 Å². The number of benzene rings is 2. The summed E-state index contributed by atoms with van der Waals surface area (Å²) < 4.78 is 6.77. The quantitative estimate of drug-likeness (QED) is 0.204. The Bertz CT molecular complexity index is 1100. The number of aliphatic hydroxyl groups excluding tert-OH is 1. The lowest BCUT2D eigenvalue weighted by atomic mass is 10.00. The Balaban J connectivity index is 1.34. The monoisotopic (exact) mass is 551 g/mol. The van der Waals surface area contributed by atoms with Gasteiger partial charge in [-0.1, -0.05) is 42.8 Å². The fourth-order valence-corrected chi connectivity index (χ4v) is 6.75. The molecule has 0 saturated carbocycles. The number of anilines is 2. The zero-order chi connectivity index (χ0) is 28.7. The lowest BCUT2D eigenvalue weighted by molar-refractivity contribution is -0.940. The van der Waals surface area contributed by atoms with Crippen molar-refractivity contribution >= 4 is 17.3 Å². The molecular weight excluding hydrogens is 500 g/mol. The van der Waals surface area contributed by atoms with Crippen LogP contribution in [0, 0.1) is 27.7 Å². The topological polar surface area (TPSA) is 73.8 Å². The van der Waals surface area contributed by atoms with Crippen LogP contribution in [0.3, 0.4) is 0 Å². The predicted molar refractivity (Wildman–Crippen MR) is 164 cm³/mol. The van der Waals surface area contributed by atoms with Crippen LogP contribution in [0.2, 0.25) is 0 Å². The Kier molecular flexibility index (Phi) is 10.6. The second kappa shape index (κ2) is 13.9. The minimum Gasteiger partial charge on any atom is -0.368 e. The predicted octanol–water partition coefficient (Wildman–Crippen LogP) is 5.16. The summed E-state index contributed by atoms with van der Waals surface area (Å²) in [5.74, 6) is 0.128. The molecule has 7 heteroatoms. The molecule has 2 fully saturated rings. The Morgan fingerprint density at radius 2 is 1.68 bits per heavy atom. The Hall–Kier alpha value is -2.45. The molecule has 2 aliphatic rings. The van der Waals surface area contributed by atoms with Gasteiger partial charge in [0.1, 0.15) is 25.7 Å². The molecule has 7 nitrogen and oxygen atoms in total. The SMILES string of the molecule is Cc1cccc(C)c1NC(=O)C1CCCCN1CCCC[N+]1(CC(O)Nc2c(C)cccc2C)CCOC(C)C1. The van der Waals surface area contributed by atoms with Crippen molar-refractivity contribution in [3.63, 3.8) is 0 Å². The number of aryl methyl sites for hydroxylation is 4. The maximum Gasteiger partial charge on any atom is 0.241 e. The molecule has 4 atom stereocenters. The van der Waals surface area contributed by atoms with Crippen LogP contribution in [-0.4, -0.2) is 84.6 Å². The highest BCUT2D eigenvalue weighted by Crippen LogP contribution is 2.25. The van der Waals surface area contributed by atoms with Crippen LogP contribution in [0.4, 0.5) is 11.4 Å². The van der Waals surface area contributed by atoms with E-state index in [2.05, 4.69) is 80.5 Å². The molecule has 0 radical (unpaired) electrons. The second-order valence-electron chi connectivity index (χ2n) is 12.3. The number of nitrogens with one attached hydrogen (secondary N) is 2. The average molecular weight is 552 g/mol. The van der Waals surface area contributed by atoms with Gasteiger partial charge in [-0.15, -0.1) is 0 Å². The summed E-state index contributed by atoms with van der Waals surface area (Å²) in [5, 5.41) is 17.8. The number of unbranched alkanes of at least 4 members (excludes halogenated alkanes) is 1. The van der Waals surface area contributed by atoms with Gasteiger partial charge in [0.15, 0.2) is 6.23 Å². The van der Waals surface area contributed by atoms with Crippen LogP contribution in [0.1, 0.15) is 61.3 Å². The average Bonchev–Trinajstić information content (AvgIpc) is 2.91. The number of hydrogen-bond acceptors (Lipinski definition) is 5. The van der Waals surface area contributed by atoms with Gasteiger partial charge in [0, 0.05) is 11.4 Å². The molecule has 4 unspecified atom stereocenters. The minimum atomic E-state index is -0.620. The number of carbonyl (C=O) groups is 1. The summed E-state index contributed by atoms with van der Waals surface area (Å²) in [7, 11) is 0. The lowest BCUT2D eigenvalue weighted by Gasteiger charge is -2.45. The van der Waals surface area contributed by atoms with Crippen molar-refractivity contribution in [1.29, 1.82) is 0 Å². The van der Waals surface area contributed by atoms with Gasteiger partial charge in [0.25, 0.3) is 0 Å². The van der Waals surface area contributed by atoms with E-state index >= 15 is 0 Å². The highest BCUT2D eigenvalue weighted by atomic mass is 16.5. The van der Waals surface area contributed by atoms with Crippen molar-refractivity contribution in [2.45, 2.75) is 85.1 Å². The molecule has 2 saturated heterocycles. The Morgan fingerprint density at radius 1 is 1.02 bits per heavy atom. The van der Waals surface area contributed by atoms with Gasteiger partial charge < -0.3 is 25.0 Å². The van der Waals surface area contributed by atoms with E-state index in [-0.39, 0.29) is 18.1 Å². The van der Waals surface area contributed by atoms with Gasteiger partial charge in [-0.05, 0) is 95.6 Å². The summed E-state index contributed by atoms with van der Waals surface area (Å²) in [4.78, 5) is 15.8. The summed E-state index contributed by atoms with van der Waals surface area (Å²) >= 11 is 0. The number of likely N-dealkylation sites (tertiary alicyclic amines) is 1. The van der Waals surface area contributed by atoms with E-state index in [1.807, 2.05) is 6.07 Å². The van der Waals surface area contributed by atoms with Crippen LogP contribution < -0.4 is 10.6 Å². The molecule has 0 aromatic heterocycles. The second-order valence-corrected chi connectivity index (χ2v) is 12.3. The molecule has 2 aromatic carbocycles. The van der Waals surface area contributed by atoms with Gasteiger partial charge in [0.2, 0.25) is 5.91 Å². The molecular formula is C33H51N4O3+. The number of rotatable bonds is 11. The van der Waals surface area contributed by atoms with Crippen LogP contribution in [0.15, 0.2) is 36.4 Å². The third kappa shape index (κ3) is 7.84. The summed E-state index contributed by atoms with van der Waals surface area (Å²) in [6.45, 7) is 16.6. The molecule has 2 aliphatic heterocycles. The van der Waals surface area contributed by atoms with Crippen LogP contribution >= 0.6 is 0 Å². The summed E-state index contributed by atoms with van der Waals surface area (Å²) in [5.41, 5.74) is 6.51. The normalized spacial score (nSPS) is 24.4. The molecule has 4 rings (SSSR count). The number of nitrogens with zero attached hydrogens (tertiary/aromatic N) is 2. The highest BCUT2D eigenvalue weighted by molar-refractivity contribution is 5.96. The Morgan fingerprint density at radius 3 is 2.33 bits per heavy atom. The number of quaternary nitrogens is 1. The fraction of sp³-hybridized carbons (Fsp3) is 0.606. The first-order chi connectivity index (χ1) is 19.2. The van der Waals surface area contributed by atoms with Crippen LogP contribution in [-0.2, 0) is 9.53 Å².